The summed E-state index contributed by atoms with van der Waals surface area (Å²) in [5.41, 5.74) is 4.57. The van der Waals surface area contributed by atoms with Gasteiger partial charge in [0, 0.05) is 0 Å². The van der Waals surface area contributed by atoms with Gasteiger partial charge in [-0.15, -0.1) is 0 Å². The van der Waals surface area contributed by atoms with Crippen molar-refractivity contribution in [2.75, 3.05) is 13.2 Å². The van der Waals surface area contributed by atoms with Gasteiger partial charge in [0.05, 0.1) is 13.2 Å². The normalized spacial score (nSPS) is 7.85. The van der Waals surface area contributed by atoms with Gasteiger partial charge in [0.1, 0.15) is 0 Å². The molecule has 0 aromatic heterocycles. The van der Waals surface area contributed by atoms with Gasteiger partial charge >= 0.3 is 17.9 Å². The molecule has 0 aromatic rings. The first-order chi connectivity index (χ1) is 5.95. The second-order valence-corrected chi connectivity index (χ2v) is 1.62. The van der Waals surface area contributed by atoms with Gasteiger partial charge in [0.15, 0.2) is 0 Å². The van der Waals surface area contributed by atoms with E-state index in [9.17, 15) is 14.4 Å². The summed E-state index contributed by atoms with van der Waals surface area (Å²) >= 11 is 0. The highest BCUT2D eigenvalue weighted by molar-refractivity contribution is 6.28. The van der Waals surface area contributed by atoms with Crippen LogP contribution >= 0.6 is 0 Å². The van der Waals surface area contributed by atoms with Gasteiger partial charge in [-0.3, -0.25) is 4.79 Å². The molecule has 76 valence electrons. The maximum atomic E-state index is 9.92. The molecule has 0 spiro atoms. The number of nitrogens with two attached hydrogens (primary N) is 1. The van der Waals surface area contributed by atoms with Gasteiger partial charge in [-0.2, -0.15) is 0 Å². The number of ether oxygens (including phenoxy) is 1. The minimum atomic E-state index is -1.55. The van der Waals surface area contributed by atoms with Crippen molar-refractivity contribution in [1.29, 1.82) is 0 Å². The van der Waals surface area contributed by atoms with Crippen LogP contribution in [0.2, 0.25) is 0 Å². The van der Waals surface area contributed by atoms with Crippen molar-refractivity contribution >= 4 is 17.9 Å². The van der Waals surface area contributed by atoms with E-state index in [4.69, 9.17) is 10.2 Å². The van der Waals surface area contributed by atoms with Crippen LogP contribution in [0.15, 0.2) is 0 Å². The lowest BCUT2D eigenvalue weighted by atomic mass is 10.7. The molecule has 0 aliphatic rings. The van der Waals surface area contributed by atoms with Crippen LogP contribution < -0.4 is 5.73 Å². The van der Waals surface area contributed by atoms with Crippen molar-refractivity contribution in [2.24, 2.45) is 5.73 Å². The van der Waals surface area contributed by atoms with Gasteiger partial charge in [-0.25, -0.2) is 9.59 Å². The van der Waals surface area contributed by atoms with Gasteiger partial charge < -0.3 is 20.7 Å². The topological polar surface area (TPSA) is 127 Å². The van der Waals surface area contributed by atoms with Crippen LogP contribution in [-0.2, 0) is 19.1 Å². The second-order valence-electron chi connectivity index (χ2n) is 1.62. The lowest BCUT2D eigenvalue weighted by Crippen LogP contribution is -2.15. The zero-order valence-corrected chi connectivity index (χ0v) is 7.02. The zero-order chi connectivity index (χ0) is 10.9. The maximum absolute atomic E-state index is 9.92. The number of hydrogen-bond donors (Lipinski definition) is 3. The minimum Gasteiger partial charge on any atom is -0.480 e. The van der Waals surface area contributed by atoms with Crippen molar-refractivity contribution in [1.82, 2.24) is 0 Å². The fraction of sp³-hybridized carbons (Fsp3) is 0.500. The first-order valence-corrected chi connectivity index (χ1v) is 3.27. The van der Waals surface area contributed by atoms with Crippen LogP contribution in [0.4, 0.5) is 0 Å². The van der Waals surface area contributed by atoms with Crippen LogP contribution in [0.25, 0.3) is 0 Å². The summed E-state index contributed by atoms with van der Waals surface area (Å²) in [4.78, 5) is 28.8. The average Bonchev–Trinajstić information content (AvgIpc) is 2.06. The Balaban J connectivity index is 0. The summed E-state index contributed by atoms with van der Waals surface area (Å²) in [6.45, 7) is 1.37. The number of carboxylic acids is 2. The summed E-state index contributed by atoms with van der Waals surface area (Å²) < 4.78 is 4.06. The molecule has 7 heteroatoms. The predicted octanol–water partition coefficient (Wildman–Crippen LogP) is -1.34. The number of esters is 1. The Hall–Kier alpha value is -1.63. The summed E-state index contributed by atoms with van der Waals surface area (Å²) in [7, 11) is 0. The van der Waals surface area contributed by atoms with Gasteiger partial charge in [-0.05, 0) is 6.92 Å². The number of hydrogen-bond acceptors (Lipinski definition) is 5. The van der Waals surface area contributed by atoms with E-state index in [1.807, 2.05) is 0 Å². The Kier molecular flexibility index (Phi) is 9.07. The maximum Gasteiger partial charge on any atom is 0.417 e. The third-order valence-corrected chi connectivity index (χ3v) is 0.625. The summed E-state index contributed by atoms with van der Waals surface area (Å²) in [6.07, 6.45) is 0. The molecule has 0 heterocycles. The Morgan fingerprint density at radius 1 is 1.31 bits per heavy atom. The summed E-state index contributed by atoms with van der Waals surface area (Å²) in [5.74, 6) is -3.72. The fourth-order valence-corrected chi connectivity index (χ4v) is 0.193. The lowest BCUT2D eigenvalue weighted by molar-refractivity contribution is -0.163. The number of carbonyl (C=O) groups excluding carboxylic acids is 1. The van der Waals surface area contributed by atoms with E-state index < -0.39 is 17.9 Å². The van der Waals surface area contributed by atoms with Crippen molar-refractivity contribution < 1.29 is 29.3 Å². The van der Waals surface area contributed by atoms with Crippen LogP contribution in [0, 0.1) is 0 Å². The molecular formula is C6H11NO6. The molecule has 0 aliphatic heterocycles. The Labute approximate surface area is 74.1 Å². The molecule has 7 nitrogen and oxygen atoms in total. The third kappa shape index (κ3) is 13.4. The van der Waals surface area contributed by atoms with Gasteiger partial charge in [0.25, 0.3) is 0 Å². The number of aliphatic carboxylic acids is 2. The zero-order valence-electron chi connectivity index (χ0n) is 7.02. The van der Waals surface area contributed by atoms with E-state index in [2.05, 4.69) is 10.5 Å². The Morgan fingerprint density at radius 2 is 1.69 bits per heavy atom. The van der Waals surface area contributed by atoms with Crippen molar-refractivity contribution in [3.05, 3.63) is 0 Å². The molecule has 0 aliphatic carbocycles. The molecule has 0 rings (SSSR count). The molecule has 0 amide bonds. The van der Waals surface area contributed by atoms with Crippen molar-refractivity contribution in [3.63, 3.8) is 0 Å². The fourth-order valence-electron chi connectivity index (χ4n) is 0.193. The summed E-state index contributed by atoms with van der Waals surface area (Å²) in [6, 6.07) is 0. The number of carbonyl (C=O) groups is 3. The Bertz CT molecular complexity index is 190. The molecule has 0 aromatic carbocycles. The number of rotatable bonds is 2. The van der Waals surface area contributed by atoms with Crippen LogP contribution in [0.3, 0.4) is 0 Å². The monoisotopic (exact) mass is 193 g/mol. The van der Waals surface area contributed by atoms with Gasteiger partial charge in [0.2, 0.25) is 0 Å². The molecule has 13 heavy (non-hydrogen) atoms. The number of carboxylic acid groups (broad SMARTS) is 2. The first kappa shape index (κ1) is 13.9. The molecule has 0 fully saturated rings. The second kappa shape index (κ2) is 8.47. The minimum absolute atomic E-state index is 0.102. The molecule has 4 N–H and O–H groups in total. The van der Waals surface area contributed by atoms with E-state index in [0.29, 0.717) is 0 Å². The highest BCUT2D eigenvalue weighted by Gasteiger charge is 2.09. The lowest BCUT2D eigenvalue weighted by Gasteiger charge is -1.91. The molecule has 0 saturated carbocycles. The van der Waals surface area contributed by atoms with Crippen LogP contribution in [0.5, 0.6) is 0 Å². The first-order valence-electron chi connectivity index (χ1n) is 3.27. The third-order valence-electron chi connectivity index (χ3n) is 0.625. The predicted molar refractivity (Wildman–Crippen MR) is 41.0 cm³/mol. The average molecular weight is 193 g/mol. The molecule has 0 bridgehead atoms. The highest BCUT2D eigenvalue weighted by Crippen LogP contribution is 1.74. The van der Waals surface area contributed by atoms with E-state index in [-0.39, 0.29) is 13.2 Å². The van der Waals surface area contributed by atoms with E-state index >= 15 is 0 Å². The quantitative estimate of drug-likeness (QED) is 0.366. The van der Waals surface area contributed by atoms with Crippen molar-refractivity contribution in [3.8, 4) is 0 Å². The Morgan fingerprint density at radius 3 is 1.77 bits per heavy atom. The molecule has 0 radical (unpaired) electrons. The van der Waals surface area contributed by atoms with Crippen molar-refractivity contribution in [2.45, 2.75) is 6.92 Å². The van der Waals surface area contributed by atoms with E-state index in [1.54, 1.807) is 6.92 Å². The van der Waals surface area contributed by atoms with Crippen LogP contribution in [-0.4, -0.2) is 41.3 Å². The molecule has 0 unspecified atom stereocenters. The SMILES string of the molecule is CCOC(=O)C(=O)O.NCC(=O)O. The van der Waals surface area contributed by atoms with Gasteiger partial charge in [-0.1, -0.05) is 0 Å². The van der Waals surface area contributed by atoms with E-state index in [0.717, 1.165) is 0 Å². The van der Waals surface area contributed by atoms with E-state index in [1.165, 1.54) is 0 Å². The standard InChI is InChI=1S/C4H6O4.C2H5NO2/c1-2-8-4(7)3(5)6;3-1-2(4)5/h2H2,1H3,(H,5,6);1,3H2,(H,4,5). The molecule has 0 saturated heterocycles. The summed E-state index contributed by atoms with van der Waals surface area (Å²) in [5, 5.41) is 15.4. The smallest absolute Gasteiger partial charge is 0.417 e. The molecule has 0 atom stereocenters. The largest absolute Gasteiger partial charge is 0.480 e. The molecular weight excluding hydrogens is 182 g/mol. The highest BCUT2D eigenvalue weighted by atomic mass is 16.6. The van der Waals surface area contributed by atoms with Crippen LogP contribution in [0.1, 0.15) is 6.92 Å².